The van der Waals surface area contributed by atoms with Crippen molar-refractivity contribution in [3.8, 4) is 5.75 Å². The van der Waals surface area contributed by atoms with E-state index in [9.17, 15) is 13.2 Å². The van der Waals surface area contributed by atoms with Crippen molar-refractivity contribution in [2.24, 2.45) is 0 Å². The highest BCUT2D eigenvalue weighted by Gasteiger charge is 2.30. The van der Waals surface area contributed by atoms with Crippen LogP contribution in [0.4, 0.5) is 18.9 Å². The molecule has 0 bridgehead atoms. The molecule has 6 heteroatoms. The van der Waals surface area contributed by atoms with Gasteiger partial charge in [0.15, 0.2) is 0 Å². The first-order chi connectivity index (χ1) is 11.0. The normalized spacial score (nSPS) is 11.3. The van der Waals surface area contributed by atoms with E-state index in [1.807, 2.05) is 24.3 Å². The van der Waals surface area contributed by atoms with E-state index in [-0.39, 0.29) is 0 Å². The van der Waals surface area contributed by atoms with E-state index >= 15 is 0 Å². The van der Waals surface area contributed by atoms with E-state index < -0.39 is 11.7 Å². The minimum atomic E-state index is -4.32. The molecule has 0 aliphatic carbocycles. The number of hydrogen-bond donors (Lipinski definition) is 2. The number of ether oxygens (including phenoxy) is 1. The molecule has 0 saturated carbocycles. The highest BCUT2D eigenvalue weighted by molar-refractivity contribution is 5.46. The smallest absolute Gasteiger partial charge is 0.416 e. The van der Waals surface area contributed by atoms with E-state index in [1.165, 1.54) is 6.07 Å². The maximum absolute atomic E-state index is 12.6. The standard InChI is InChI=1S/C17H19F3N2O/c1-23-16-7-5-13(6-8-16)12-21-9-10-22-15-4-2-3-14(11-15)17(18,19)20/h2-8,11,21-22H,9-10,12H2,1H3. The Hall–Kier alpha value is -2.21. The van der Waals surface area contributed by atoms with Gasteiger partial charge in [-0.05, 0) is 35.9 Å². The van der Waals surface area contributed by atoms with Crippen LogP contribution in [0.2, 0.25) is 0 Å². The molecule has 0 heterocycles. The molecule has 2 aromatic carbocycles. The predicted molar refractivity (Wildman–Crippen MR) is 84.6 cm³/mol. The largest absolute Gasteiger partial charge is 0.497 e. The van der Waals surface area contributed by atoms with Crippen LogP contribution in [-0.2, 0) is 12.7 Å². The summed E-state index contributed by atoms with van der Waals surface area (Å²) in [6.45, 7) is 1.87. The van der Waals surface area contributed by atoms with Gasteiger partial charge in [-0.15, -0.1) is 0 Å². The van der Waals surface area contributed by atoms with E-state index in [2.05, 4.69) is 10.6 Å². The number of methoxy groups -OCH3 is 1. The Morgan fingerprint density at radius 1 is 1.00 bits per heavy atom. The zero-order valence-electron chi connectivity index (χ0n) is 12.8. The lowest BCUT2D eigenvalue weighted by molar-refractivity contribution is -0.137. The van der Waals surface area contributed by atoms with Gasteiger partial charge in [0.1, 0.15) is 5.75 Å². The third-order valence-corrected chi connectivity index (χ3v) is 3.31. The fourth-order valence-corrected chi connectivity index (χ4v) is 2.08. The predicted octanol–water partition coefficient (Wildman–Crippen LogP) is 3.92. The van der Waals surface area contributed by atoms with Crippen LogP contribution in [0.15, 0.2) is 48.5 Å². The lowest BCUT2D eigenvalue weighted by atomic mass is 10.2. The van der Waals surface area contributed by atoms with Crippen molar-refractivity contribution in [1.82, 2.24) is 5.32 Å². The molecule has 0 radical (unpaired) electrons. The Labute approximate surface area is 133 Å². The number of anilines is 1. The van der Waals surface area contributed by atoms with Crippen LogP contribution in [0.25, 0.3) is 0 Å². The molecule has 2 N–H and O–H groups in total. The zero-order chi connectivity index (χ0) is 16.7. The minimum absolute atomic E-state index is 0.464. The van der Waals surface area contributed by atoms with Crippen LogP contribution in [0.1, 0.15) is 11.1 Å². The number of alkyl halides is 3. The van der Waals surface area contributed by atoms with Crippen molar-refractivity contribution in [3.05, 3.63) is 59.7 Å². The van der Waals surface area contributed by atoms with Gasteiger partial charge in [0.2, 0.25) is 0 Å². The van der Waals surface area contributed by atoms with Gasteiger partial charge in [-0.25, -0.2) is 0 Å². The number of halogens is 3. The fraction of sp³-hybridized carbons (Fsp3) is 0.294. The summed E-state index contributed by atoms with van der Waals surface area (Å²) in [6, 6.07) is 12.9. The van der Waals surface area contributed by atoms with Gasteiger partial charge in [-0.2, -0.15) is 13.2 Å². The molecule has 2 aromatic rings. The maximum atomic E-state index is 12.6. The van der Waals surface area contributed by atoms with Gasteiger partial charge in [0, 0.05) is 25.3 Å². The van der Waals surface area contributed by atoms with Gasteiger partial charge in [0.05, 0.1) is 12.7 Å². The third-order valence-electron chi connectivity index (χ3n) is 3.31. The van der Waals surface area contributed by atoms with Crippen molar-refractivity contribution in [2.75, 3.05) is 25.5 Å². The molecule has 0 atom stereocenters. The van der Waals surface area contributed by atoms with Gasteiger partial charge in [-0.1, -0.05) is 18.2 Å². The van der Waals surface area contributed by atoms with Crippen LogP contribution >= 0.6 is 0 Å². The second-order valence-corrected chi connectivity index (χ2v) is 5.03. The summed E-state index contributed by atoms with van der Waals surface area (Å²) >= 11 is 0. The second-order valence-electron chi connectivity index (χ2n) is 5.03. The van der Waals surface area contributed by atoms with Crippen LogP contribution < -0.4 is 15.4 Å². The molecule has 23 heavy (non-hydrogen) atoms. The first-order valence-electron chi connectivity index (χ1n) is 7.24. The highest BCUT2D eigenvalue weighted by Crippen LogP contribution is 2.30. The zero-order valence-corrected chi connectivity index (χ0v) is 12.8. The summed E-state index contributed by atoms with van der Waals surface area (Å²) in [5.74, 6) is 0.806. The van der Waals surface area contributed by atoms with Gasteiger partial charge >= 0.3 is 6.18 Å². The van der Waals surface area contributed by atoms with Crippen molar-refractivity contribution >= 4 is 5.69 Å². The topological polar surface area (TPSA) is 33.3 Å². The summed E-state index contributed by atoms with van der Waals surface area (Å²) in [6.07, 6.45) is -4.32. The number of rotatable bonds is 7. The minimum Gasteiger partial charge on any atom is -0.497 e. The first kappa shape index (κ1) is 17.1. The number of hydrogen-bond acceptors (Lipinski definition) is 3. The fourth-order valence-electron chi connectivity index (χ4n) is 2.08. The van der Waals surface area contributed by atoms with Gasteiger partial charge in [-0.3, -0.25) is 0 Å². The molecule has 0 fully saturated rings. The Bertz CT molecular complexity index is 612. The Morgan fingerprint density at radius 3 is 2.39 bits per heavy atom. The molecule has 0 aliphatic heterocycles. The van der Waals surface area contributed by atoms with Gasteiger partial charge in [0.25, 0.3) is 0 Å². The molecule has 3 nitrogen and oxygen atoms in total. The molecule has 0 saturated heterocycles. The van der Waals surface area contributed by atoms with Crippen molar-refractivity contribution < 1.29 is 17.9 Å². The maximum Gasteiger partial charge on any atom is 0.416 e. The third kappa shape index (κ3) is 5.49. The van der Waals surface area contributed by atoms with Crippen molar-refractivity contribution in [1.29, 1.82) is 0 Å². The summed E-state index contributed by atoms with van der Waals surface area (Å²) in [5.41, 5.74) is 0.935. The molecule has 0 aliphatic rings. The van der Waals surface area contributed by atoms with Crippen LogP contribution in [0, 0.1) is 0 Å². The van der Waals surface area contributed by atoms with Crippen LogP contribution in [0.5, 0.6) is 5.75 Å². The molecule has 2 rings (SSSR count). The van der Waals surface area contributed by atoms with E-state index in [0.29, 0.717) is 25.3 Å². The Morgan fingerprint density at radius 2 is 1.74 bits per heavy atom. The second kappa shape index (κ2) is 7.87. The monoisotopic (exact) mass is 324 g/mol. The summed E-state index contributed by atoms with van der Waals surface area (Å²) in [5, 5.41) is 6.21. The summed E-state index contributed by atoms with van der Waals surface area (Å²) < 4.78 is 42.9. The lowest BCUT2D eigenvalue weighted by Crippen LogP contribution is -2.21. The number of nitrogens with one attached hydrogen (secondary N) is 2. The average molecular weight is 324 g/mol. The molecular formula is C17H19F3N2O. The SMILES string of the molecule is COc1ccc(CNCCNc2cccc(C(F)(F)F)c2)cc1. The quantitative estimate of drug-likeness (QED) is 0.758. The lowest BCUT2D eigenvalue weighted by Gasteiger charge is -2.11. The van der Waals surface area contributed by atoms with Crippen molar-refractivity contribution in [2.45, 2.75) is 12.7 Å². The molecule has 0 amide bonds. The van der Waals surface area contributed by atoms with E-state index in [1.54, 1.807) is 13.2 Å². The summed E-state index contributed by atoms with van der Waals surface area (Å²) in [4.78, 5) is 0. The number of benzene rings is 2. The molecule has 0 spiro atoms. The van der Waals surface area contributed by atoms with Gasteiger partial charge < -0.3 is 15.4 Å². The van der Waals surface area contributed by atoms with E-state index in [4.69, 9.17) is 4.74 Å². The van der Waals surface area contributed by atoms with Crippen molar-refractivity contribution in [3.63, 3.8) is 0 Å². The van der Waals surface area contributed by atoms with Crippen LogP contribution in [-0.4, -0.2) is 20.2 Å². The van der Waals surface area contributed by atoms with E-state index in [0.717, 1.165) is 23.4 Å². The molecule has 124 valence electrons. The summed E-state index contributed by atoms with van der Waals surface area (Å²) in [7, 11) is 1.62. The molecule has 0 aromatic heterocycles. The Balaban J connectivity index is 1.73. The highest BCUT2D eigenvalue weighted by atomic mass is 19.4. The Kier molecular flexibility index (Phi) is 5.87. The molecule has 0 unspecified atom stereocenters. The first-order valence-corrected chi connectivity index (χ1v) is 7.24. The molecular weight excluding hydrogens is 305 g/mol. The van der Waals surface area contributed by atoms with Crippen LogP contribution in [0.3, 0.4) is 0 Å². The average Bonchev–Trinajstić information content (AvgIpc) is 2.54.